The van der Waals surface area contributed by atoms with Crippen molar-refractivity contribution in [1.29, 1.82) is 0 Å². The van der Waals surface area contributed by atoms with Crippen LogP contribution >= 0.6 is 0 Å². The Morgan fingerprint density at radius 1 is 0.793 bits per heavy atom. The molecule has 3 rings (SSSR count). The Morgan fingerprint density at radius 3 is 2.10 bits per heavy atom. The molecule has 3 aromatic rings. The third kappa shape index (κ3) is 4.95. The van der Waals surface area contributed by atoms with Crippen LogP contribution in [0.2, 0.25) is 0 Å². The van der Waals surface area contributed by atoms with Crippen LogP contribution < -0.4 is 25.1 Å². The second-order valence-corrected chi connectivity index (χ2v) is 6.31. The number of carbonyl (C=O) groups is 2. The van der Waals surface area contributed by atoms with Gasteiger partial charge in [0.05, 0.1) is 14.2 Å². The van der Waals surface area contributed by atoms with Gasteiger partial charge < -0.3 is 14.2 Å². The minimum absolute atomic E-state index is 0.282. The number of hydrazine groups is 1. The molecule has 0 spiro atoms. The van der Waals surface area contributed by atoms with Crippen molar-refractivity contribution in [3.8, 4) is 17.2 Å². The second kappa shape index (κ2) is 8.97. The van der Waals surface area contributed by atoms with E-state index in [2.05, 4.69) is 10.9 Å². The molecule has 0 bridgehead atoms. The average Bonchev–Trinajstić information content (AvgIpc) is 2.76. The normalized spacial score (nSPS) is 11.4. The maximum absolute atomic E-state index is 12.3. The van der Waals surface area contributed by atoms with Gasteiger partial charge in [0.25, 0.3) is 11.8 Å². The fraction of sp³-hybridized carbons (Fsp3) is 0.182. The molecule has 7 heteroatoms. The zero-order chi connectivity index (χ0) is 20.8. The first-order valence-electron chi connectivity index (χ1n) is 8.99. The molecule has 0 aromatic heterocycles. The predicted octanol–water partition coefficient (Wildman–Crippen LogP) is 3.09. The SMILES string of the molecule is COc1cc(OC)cc(C(=O)NNC(=O)C(C)Oc2ccc3ccccc3c2)c1. The Balaban J connectivity index is 1.60. The number of ether oxygens (including phenoxy) is 3. The smallest absolute Gasteiger partial charge is 0.279 e. The summed E-state index contributed by atoms with van der Waals surface area (Å²) in [5.74, 6) is 0.507. The van der Waals surface area contributed by atoms with E-state index >= 15 is 0 Å². The van der Waals surface area contributed by atoms with E-state index in [-0.39, 0.29) is 5.56 Å². The number of amides is 2. The first-order valence-corrected chi connectivity index (χ1v) is 8.99. The molecule has 7 nitrogen and oxygen atoms in total. The van der Waals surface area contributed by atoms with Gasteiger partial charge in [0, 0.05) is 11.6 Å². The van der Waals surface area contributed by atoms with Gasteiger partial charge in [-0.1, -0.05) is 30.3 Å². The Kier molecular flexibility index (Phi) is 6.19. The highest BCUT2D eigenvalue weighted by molar-refractivity contribution is 5.96. The lowest BCUT2D eigenvalue weighted by Gasteiger charge is -2.16. The van der Waals surface area contributed by atoms with Gasteiger partial charge in [-0.15, -0.1) is 0 Å². The van der Waals surface area contributed by atoms with Crippen molar-refractivity contribution in [1.82, 2.24) is 10.9 Å². The number of hydrogen-bond acceptors (Lipinski definition) is 5. The molecular weight excluding hydrogens is 372 g/mol. The van der Waals surface area contributed by atoms with E-state index in [1.165, 1.54) is 14.2 Å². The molecule has 1 atom stereocenters. The standard InChI is InChI=1S/C22H22N2O5/c1-14(29-18-9-8-15-6-4-5-7-16(15)10-18)21(25)23-24-22(26)17-11-19(27-2)13-20(12-17)28-3/h4-14H,1-3H3,(H,23,25)(H,24,26). The summed E-state index contributed by atoms with van der Waals surface area (Å²) < 4.78 is 16.0. The summed E-state index contributed by atoms with van der Waals surface area (Å²) in [4.78, 5) is 24.6. The zero-order valence-electron chi connectivity index (χ0n) is 16.4. The summed E-state index contributed by atoms with van der Waals surface area (Å²) in [6.07, 6.45) is -0.809. The monoisotopic (exact) mass is 394 g/mol. The number of carbonyl (C=O) groups excluding carboxylic acids is 2. The van der Waals surface area contributed by atoms with Gasteiger partial charge in [-0.05, 0) is 42.0 Å². The van der Waals surface area contributed by atoms with E-state index in [0.717, 1.165) is 10.8 Å². The molecule has 0 fully saturated rings. The van der Waals surface area contributed by atoms with Gasteiger partial charge >= 0.3 is 0 Å². The van der Waals surface area contributed by atoms with E-state index < -0.39 is 17.9 Å². The van der Waals surface area contributed by atoms with Gasteiger partial charge in [-0.25, -0.2) is 0 Å². The minimum Gasteiger partial charge on any atom is -0.497 e. The van der Waals surface area contributed by atoms with Crippen molar-refractivity contribution in [2.75, 3.05) is 14.2 Å². The molecule has 3 aromatic carbocycles. The molecule has 0 saturated carbocycles. The Morgan fingerprint density at radius 2 is 1.45 bits per heavy atom. The maximum Gasteiger partial charge on any atom is 0.279 e. The Bertz CT molecular complexity index is 1010. The summed E-state index contributed by atoms with van der Waals surface area (Å²) in [6, 6.07) is 18.2. The minimum atomic E-state index is -0.809. The van der Waals surface area contributed by atoms with Gasteiger partial charge in [0.15, 0.2) is 6.10 Å². The number of hydrogen-bond donors (Lipinski definition) is 2. The summed E-state index contributed by atoms with van der Waals surface area (Å²) in [5.41, 5.74) is 5.02. The van der Waals surface area contributed by atoms with Gasteiger partial charge in [0.1, 0.15) is 17.2 Å². The number of methoxy groups -OCH3 is 2. The highest BCUT2D eigenvalue weighted by Gasteiger charge is 2.17. The molecule has 0 heterocycles. The van der Waals surface area contributed by atoms with Crippen molar-refractivity contribution in [2.24, 2.45) is 0 Å². The quantitative estimate of drug-likeness (QED) is 0.628. The van der Waals surface area contributed by atoms with Crippen molar-refractivity contribution in [2.45, 2.75) is 13.0 Å². The molecule has 0 aliphatic rings. The van der Waals surface area contributed by atoms with Crippen molar-refractivity contribution in [3.05, 3.63) is 66.2 Å². The molecule has 29 heavy (non-hydrogen) atoms. The van der Waals surface area contributed by atoms with Gasteiger partial charge in [0.2, 0.25) is 0 Å². The van der Waals surface area contributed by atoms with Crippen LogP contribution in [0.1, 0.15) is 17.3 Å². The molecule has 1 unspecified atom stereocenters. The lowest BCUT2D eigenvalue weighted by Crippen LogP contribution is -2.47. The van der Waals surface area contributed by atoms with Crippen molar-refractivity contribution in [3.63, 3.8) is 0 Å². The van der Waals surface area contributed by atoms with Crippen LogP contribution in [0.25, 0.3) is 10.8 Å². The van der Waals surface area contributed by atoms with Crippen LogP contribution in [-0.2, 0) is 4.79 Å². The molecular formula is C22H22N2O5. The molecule has 150 valence electrons. The lowest BCUT2D eigenvalue weighted by atomic mass is 10.1. The molecule has 2 N–H and O–H groups in total. The second-order valence-electron chi connectivity index (χ2n) is 6.31. The van der Waals surface area contributed by atoms with Crippen LogP contribution in [0, 0.1) is 0 Å². The molecule has 0 aliphatic carbocycles. The summed E-state index contributed by atoms with van der Waals surface area (Å²) >= 11 is 0. The zero-order valence-corrected chi connectivity index (χ0v) is 16.4. The average molecular weight is 394 g/mol. The lowest BCUT2D eigenvalue weighted by molar-refractivity contribution is -0.128. The molecule has 0 aliphatic heterocycles. The van der Waals surface area contributed by atoms with Crippen molar-refractivity contribution >= 4 is 22.6 Å². The van der Waals surface area contributed by atoms with Crippen LogP contribution in [0.3, 0.4) is 0 Å². The molecule has 0 radical (unpaired) electrons. The third-order valence-electron chi connectivity index (χ3n) is 4.32. The third-order valence-corrected chi connectivity index (χ3v) is 4.32. The van der Waals surface area contributed by atoms with E-state index in [0.29, 0.717) is 17.2 Å². The summed E-state index contributed by atoms with van der Waals surface area (Å²) in [7, 11) is 2.98. The topological polar surface area (TPSA) is 85.9 Å². The fourth-order valence-electron chi connectivity index (χ4n) is 2.73. The predicted molar refractivity (Wildman–Crippen MR) is 109 cm³/mol. The Hall–Kier alpha value is -3.74. The van der Waals surface area contributed by atoms with Crippen LogP contribution in [0.15, 0.2) is 60.7 Å². The van der Waals surface area contributed by atoms with E-state index in [4.69, 9.17) is 14.2 Å². The van der Waals surface area contributed by atoms with E-state index in [9.17, 15) is 9.59 Å². The first kappa shape index (κ1) is 20.0. The van der Waals surface area contributed by atoms with Crippen molar-refractivity contribution < 1.29 is 23.8 Å². The van der Waals surface area contributed by atoms with Gasteiger partial charge in [-0.2, -0.15) is 0 Å². The number of nitrogens with one attached hydrogen (secondary N) is 2. The first-order chi connectivity index (χ1) is 14.0. The van der Waals surface area contributed by atoms with Crippen LogP contribution in [-0.4, -0.2) is 32.1 Å². The number of benzene rings is 3. The fourth-order valence-corrected chi connectivity index (χ4v) is 2.73. The number of fused-ring (bicyclic) bond motifs is 1. The highest BCUT2D eigenvalue weighted by Crippen LogP contribution is 2.23. The molecule has 2 amide bonds. The Labute approximate surface area is 168 Å². The van der Waals surface area contributed by atoms with Gasteiger partial charge in [-0.3, -0.25) is 20.4 Å². The van der Waals surface area contributed by atoms with E-state index in [1.807, 2.05) is 36.4 Å². The number of rotatable bonds is 6. The largest absolute Gasteiger partial charge is 0.497 e. The molecule has 0 saturated heterocycles. The van der Waals surface area contributed by atoms with Crippen LogP contribution in [0.4, 0.5) is 0 Å². The van der Waals surface area contributed by atoms with E-state index in [1.54, 1.807) is 31.2 Å². The summed E-state index contributed by atoms with van der Waals surface area (Å²) in [5, 5.41) is 2.09. The maximum atomic E-state index is 12.3. The highest BCUT2D eigenvalue weighted by atomic mass is 16.5. The summed E-state index contributed by atoms with van der Waals surface area (Å²) in [6.45, 7) is 1.60. The van der Waals surface area contributed by atoms with Crippen LogP contribution in [0.5, 0.6) is 17.2 Å².